The number of nitrogens with one attached hydrogen (secondary N) is 1. The third-order valence-corrected chi connectivity index (χ3v) is 4.46. The first-order valence-corrected chi connectivity index (χ1v) is 8.43. The Kier molecular flexibility index (Phi) is 5.28. The van der Waals surface area contributed by atoms with Crippen LogP contribution in [0.1, 0.15) is 31.2 Å². The van der Waals surface area contributed by atoms with Gasteiger partial charge < -0.3 is 15.0 Å². The first-order valence-electron chi connectivity index (χ1n) is 8.43. The number of ether oxygens (including phenoxy) is 1. The van der Waals surface area contributed by atoms with Gasteiger partial charge in [-0.05, 0) is 24.8 Å². The number of piperidine rings is 1. The molecule has 2 fully saturated rings. The van der Waals surface area contributed by atoms with Gasteiger partial charge in [-0.25, -0.2) is 0 Å². The number of likely N-dealkylation sites (tertiary alicyclic amines) is 1. The molecule has 0 spiro atoms. The summed E-state index contributed by atoms with van der Waals surface area (Å²) in [4.78, 5) is 26.0. The summed E-state index contributed by atoms with van der Waals surface area (Å²) in [7, 11) is 0. The zero-order valence-corrected chi connectivity index (χ0v) is 13.4. The highest BCUT2D eigenvalue weighted by atomic mass is 16.5. The van der Waals surface area contributed by atoms with Crippen LogP contribution in [0.25, 0.3) is 0 Å². The van der Waals surface area contributed by atoms with Gasteiger partial charge in [0.05, 0.1) is 19.1 Å². The lowest BCUT2D eigenvalue weighted by Crippen LogP contribution is -2.47. The predicted octanol–water partition coefficient (Wildman–Crippen LogP) is 1.72. The van der Waals surface area contributed by atoms with E-state index in [1.54, 1.807) is 0 Å². The van der Waals surface area contributed by atoms with Crippen LogP contribution in [-0.2, 0) is 20.9 Å². The molecule has 23 heavy (non-hydrogen) atoms. The lowest BCUT2D eigenvalue weighted by molar-refractivity contribution is -0.138. The van der Waals surface area contributed by atoms with E-state index in [2.05, 4.69) is 5.32 Å². The van der Waals surface area contributed by atoms with Crippen molar-refractivity contribution < 1.29 is 14.3 Å². The van der Waals surface area contributed by atoms with Crippen molar-refractivity contribution >= 4 is 11.8 Å². The Balaban J connectivity index is 1.34. The summed E-state index contributed by atoms with van der Waals surface area (Å²) in [6, 6.07) is 10.4. The van der Waals surface area contributed by atoms with E-state index in [9.17, 15) is 9.59 Å². The number of rotatable bonds is 7. The van der Waals surface area contributed by atoms with E-state index in [0.29, 0.717) is 45.2 Å². The minimum Gasteiger partial charge on any atom is -0.375 e. The molecule has 0 aromatic heterocycles. The van der Waals surface area contributed by atoms with E-state index < -0.39 is 0 Å². The van der Waals surface area contributed by atoms with Crippen molar-refractivity contribution in [2.24, 2.45) is 5.92 Å². The number of benzene rings is 1. The van der Waals surface area contributed by atoms with Crippen molar-refractivity contribution in [2.45, 2.75) is 38.3 Å². The Labute approximate surface area is 137 Å². The molecular formula is C18H24N2O3. The Morgan fingerprint density at radius 3 is 2.74 bits per heavy atom. The van der Waals surface area contributed by atoms with Crippen LogP contribution in [0, 0.1) is 5.92 Å². The normalized spacial score (nSPS) is 21.3. The van der Waals surface area contributed by atoms with Crippen LogP contribution in [0.3, 0.4) is 0 Å². The van der Waals surface area contributed by atoms with Crippen LogP contribution in [0.15, 0.2) is 30.3 Å². The molecule has 1 aliphatic carbocycles. The minimum atomic E-state index is -0.0672. The van der Waals surface area contributed by atoms with Crippen LogP contribution < -0.4 is 5.32 Å². The van der Waals surface area contributed by atoms with Gasteiger partial charge >= 0.3 is 0 Å². The van der Waals surface area contributed by atoms with Crippen molar-refractivity contribution in [1.29, 1.82) is 0 Å². The van der Waals surface area contributed by atoms with Crippen LogP contribution in [0.5, 0.6) is 0 Å². The van der Waals surface area contributed by atoms with Gasteiger partial charge in [-0.1, -0.05) is 30.3 Å². The first-order chi connectivity index (χ1) is 11.2. The van der Waals surface area contributed by atoms with Gasteiger partial charge in [0.1, 0.15) is 0 Å². The number of hydrogen-bond donors (Lipinski definition) is 1. The number of nitrogens with zero attached hydrogens (tertiary/aromatic N) is 1. The van der Waals surface area contributed by atoms with Gasteiger partial charge in [0.15, 0.2) is 0 Å². The Bertz CT molecular complexity index is 542. The zero-order valence-electron chi connectivity index (χ0n) is 13.4. The van der Waals surface area contributed by atoms with Crippen LogP contribution in [-0.4, -0.2) is 42.5 Å². The lowest BCUT2D eigenvalue weighted by Gasteiger charge is -2.32. The van der Waals surface area contributed by atoms with Crippen LogP contribution >= 0.6 is 0 Å². The summed E-state index contributed by atoms with van der Waals surface area (Å²) in [5, 5.41) is 2.93. The van der Waals surface area contributed by atoms with E-state index in [0.717, 1.165) is 18.4 Å². The maximum Gasteiger partial charge on any atom is 0.224 e. The van der Waals surface area contributed by atoms with Crippen molar-refractivity contribution in [3.63, 3.8) is 0 Å². The third kappa shape index (κ3) is 4.55. The SMILES string of the molecule is O=C(NCCOCc1ccccc1)C1CCC(=O)N(C2CC2)C1. The molecule has 1 aromatic carbocycles. The number of carbonyl (C=O) groups is 2. The summed E-state index contributed by atoms with van der Waals surface area (Å²) < 4.78 is 5.56. The molecule has 2 aliphatic rings. The molecule has 1 saturated heterocycles. The van der Waals surface area contributed by atoms with Gasteiger partial charge in [0, 0.05) is 25.6 Å². The molecule has 1 unspecified atom stereocenters. The molecular weight excluding hydrogens is 292 g/mol. The van der Waals surface area contributed by atoms with Gasteiger partial charge in [0.25, 0.3) is 0 Å². The summed E-state index contributed by atoms with van der Waals surface area (Å²) in [6.45, 7) is 2.16. The molecule has 1 atom stereocenters. The largest absolute Gasteiger partial charge is 0.375 e. The van der Waals surface area contributed by atoms with Crippen LogP contribution in [0.2, 0.25) is 0 Å². The third-order valence-electron chi connectivity index (χ3n) is 4.46. The highest BCUT2D eigenvalue weighted by molar-refractivity contribution is 5.84. The molecule has 1 aromatic rings. The van der Waals surface area contributed by atoms with E-state index in [4.69, 9.17) is 4.74 Å². The van der Waals surface area contributed by atoms with Crippen molar-refractivity contribution in [3.8, 4) is 0 Å². The fraction of sp³-hybridized carbons (Fsp3) is 0.556. The maximum atomic E-state index is 12.2. The van der Waals surface area contributed by atoms with Gasteiger partial charge in [0.2, 0.25) is 11.8 Å². The fourth-order valence-corrected chi connectivity index (χ4v) is 2.98. The molecule has 1 N–H and O–H groups in total. The second-order valence-electron chi connectivity index (χ2n) is 6.34. The fourth-order valence-electron chi connectivity index (χ4n) is 2.98. The molecule has 124 valence electrons. The van der Waals surface area contributed by atoms with Gasteiger partial charge in [-0.3, -0.25) is 9.59 Å². The van der Waals surface area contributed by atoms with E-state index in [1.165, 1.54) is 0 Å². The second kappa shape index (κ2) is 7.59. The highest BCUT2D eigenvalue weighted by Gasteiger charge is 2.38. The van der Waals surface area contributed by atoms with Crippen molar-refractivity contribution in [2.75, 3.05) is 19.7 Å². The number of amides is 2. The lowest BCUT2D eigenvalue weighted by atomic mass is 9.96. The quantitative estimate of drug-likeness (QED) is 0.779. The molecule has 0 radical (unpaired) electrons. The number of hydrogen-bond acceptors (Lipinski definition) is 3. The number of carbonyl (C=O) groups excluding carboxylic acids is 2. The Hall–Kier alpha value is -1.88. The first kappa shape index (κ1) is 16.0. The van der Waals surface area contributed by atoms with Gasteiger partial charge in [-0.15, -0.1) is 0 Å². The monoisotopic (exact) mass is 316 g/mol. The molecule has 0 bridgehead atoms. The van der Waals surface area contributed by atoms with Crippen molar-refractivity contribution in [3.05, 3.63) is 35.9 Å². The zero-order chi connectivity index (χ0) is 16.1. The molecule has 2 amide bonds. The molecule has 5 nitrogen and oxygen atoms in total. The van der Waals surface area contributed by atoms with E-state index >= 15 is 0 Å². The molecule has 1 heterocycles. The summed E-state index contributed by atoms with van der Waals surface area (Å²) in [6.07, 6.45) is 3.35. The molecule has 1 saturated carbocycles. The average Bonchev–Trinajstić information content (AvgIpc) is 3.40. The highest BCUT2D eigenvalue weighted by Crippen LogP contribution is 2.31. The summed E-state index contributed by atoms with van der Waals surface area (Å²) in [5.41, 5.74) is 1.13. The average molecular weight is 316 g/mol. The van der Waals surface area contributed by atoms with Crippen LogP contribution in [0.4, 0.5) is 0 Å². The second-order valence-corrected chi connectivity index (χ2v) is 6.34. The smallest absolute Gasteiger partial charge is 0.224 e. The predicted molar refractivity (Wildman–Crippen MR) is 86.6 cm³/mol. The standard InChI is InChI=1S/C18H24N2O3/c21-17-9-6-15(12-20(17)16-7-8-16)18(22)19-10-11-23-13-14-4-2-1-3-5-14/h1-5,15-16H,6-13H2,(H,19,22). The maximum absolute atomic E-state index is 12.2. The molecule has 5 heteroatoms. The Morgan fingerprint density at radius 2 is 2.00 bits per heavy atom. The van der Waals surface area contributed by atoms with Crippen molar-refractivity contribution in [1.82, 2.24) is 10.2 Å². The minimum absolute atomic E-state index is 0.0476. The van der Waals surface area contributed by atoms with E-state index in [1.807, 2.05) is 35.2 Å². The van der Waals surface area contributed by atoms with E-state index in [-0.39, 0.29) is 17.7 Å². The Morgan fingerprint density at radius 1 is 1.22 bits per heavy atom. The molecule has 3 rings (SSSR count). The molecule has 1 aliphatic heterocycles. The summed E-state index contributed by atoms with van der Waals surface area (Å²) >= 11 is 0. The van der Waals surface area contributed by atoms with Gasteiger partial charge in [-0.2, -0.15) is 0 Å². The summed E-state index contributed by atoms with van der Waals surface area (Å²) in [5.74, 6) is 0.191. The topological polar surface area (TPSA) is 58.6 Å².